The number of carbonyl (C=O) groups is 3. The molecule has 3 atom stereocenters. The Morgan fingerprint density at radius 1 is 1.03 bits per heavy atom. The fourth-order valence-electron chi connectivity index (χ4n) is 4.03. The summed E-state index contributed by atoms with van der Waals surface area (Å²) in [5, 5.41) is 18.8. The first-order valence-electron chi connectivity index (χ1n) is 13.0. The fourth-order valence-corrected chi connectivity index (χ4v) is 4.03. The van der Waals surface area contributed by atoms with Crippen LogP contribution < -0.4 is 20.7 Å². The summed E-state index contributed by atoms with van der Waals surface area (Å²) in [5.74, 6) is 0.708. The average Bonchev–Trinajstić information content (AvgIpc) is 3.65. The average molecular weight is 505 g/mol. The van der Waals surface area contributed by atoms with E-state index in [1.54, 1.807) is 0 Å². The van der Waals surface area contributed by atoms with Gasteiger partial charge in [0.2, 0.25) is 17.7 Å². The molecular weight excluding hydrogens is 460 g/mol. The third kappa shape index (κ3) is 9.78. The van der Waals surface area contributed by atoms with Gasteiger partial charge in [-0.2, -0.15) is 0 Å². The second-order valence-corrected chi connectivity index (χ2v) is 10.3. The number of likely N-dealkylation sites (N-methyl/N-ethyl adjacent to an activating group) is 1. The fraction of sp³-hybridized carbons (Fsp3) is 0.667. The van der Waals surface area contributed by atoms with Crippen LogP contribution in [0.5, 0.6) is 5.75 Å². The van der Waals surface area contributed by atoms with Crippen molar-refractivity contribution in [1.82, 2.24) is 20.9 Å². The molecule has 0 saturated heterocycles. The molecule has 0 radical (unpaired) electrons. The topological polar surface area (TPSA) is 120 Å². The largest absolute Gasteiger partial charge is 0.492 e. The van der Waals surface area contributed by atoms with Crippen molar-refractivity contribution in [2.75, 3.05) is 33.3 Å². The number of amides is 3. The number of rotatable bonds is 2. The summed E-state index contributed by atoms with van der Waals surface area (Å²) in [4.78, 5) is 39.3. The van der Waals surface area contributed by atoms with Crippen molar-refractivity contribution in [3.63, 3.8) is 0 Å². The summed E-state index contributed by atoms with van der Waals surface area (Å²) in [5.41, 5.74) is 1.06. The molecule has 4 N–H and O–H groups in total. The van der Waals surface area contributed by atoms with Crippen molar-refractivity contribution in [3.05, 3.63) is 29.8 Å². The molecule has 1 aliphatic carbocycles. The molecule has 0 aromatic heterocycles. The number of hydrogen-bond donors (Lipinski definition) is 4. The lowest BCUT2D eigenvalue weighted by molar-refractivity contribution is -0.144. The van der Waals surface area contributed by atoms with Gasteiger partial charge in [0.1, 0.15) is 18.4 Å². The number of aryl methyl sites for hydroxylation is 1. The normalized spacial score (nSPS) is 23.6. The van der Waals surface area contributed by atoms with Gasteiger partial charge in [-0.15, -0.1) is 0 Å². The summed E-state index contributed by atoms with van der Waals surface area (Å²) in [6, 6.07) is 6.27. The third-order valence-electron chi connectivity index (χ3n) is 5.91. The maximum absolute atomic E-state index is 13.2. The lowest BCUT2D eigenvalue weighted by Gasteiger charge is -2.32. The number of nitrogens with one attached hydrogen (secondary N) is 3. The van der Waals surface area contributed by atoms with Gasteiger partial charge in [0.05, 0.1) is 18.7 Å². The SMILES string of the molecule is CC(C)C.CC(O)C1C(=O)NCC(=O)NCCCc2ccccc2OCCNC(C2CC2)C(=O)N1C. The minimum absolute atomic E-state index is 0.200. The van der Waals surface area contributed by atoms with Crippen LogP contribution in [0.15, 0.2) is 24.3 Å². The molecule has 3 amide bonds. The number of fused-ring (bicyclic) bond motifs is 1. The molecule has 36 heavy (non-hydrogen) atoms. The molecular formula is C27H44N4O5. The monoisotopic (exact) mass is 504 g/mol. The van der Waals surface area contributed by atoms with E-state index in [2.05, 4.69) is 36.7 Å². The zero-order chi connectivity index (χ0) is 26.7. The molecule has 0 bridgehead atoms. The number of ether oxygens (including phenoxy) is 1. The van der Waals surface area contributed by atoms with Gasteiger partial charge in [-0.3, -0.25) is 14.4 Å². The minimum Gasteiger partial charge on any atom is -0.492 e. The molecule has 1 saturated carbocycles. The van der Waals surface area contributed by atoms with E-state index in [0.29, 0.717) is 19.7 Å². The first kappa shape index (κ1) is 29.6. The Bertz CT molecular complexity index is 854. The van der Waals surface area contributed by atoms with Crippen LogP contribution in [-0.4, -0.2) is 79.2 Å². The predicted octanol–water partition coefficient (Wildman–Crippen LogP) is 1.48. The predicted molar refractivity (Wildman–Crippen MR) is 140 cm³/mol. The first-order chi connectivity index (χ1) is 17.1. The van der Waals surface area contributed by atoms with Gasteiger partial charge in [0, 0.05) is 20.1 Å². The van der Waals surface area contributed by atoms with Gasteiger partial charge in [-0.1, -0.05) is 39.0 Å². The molecule has 1 aliphatic heterocycles. The maximum atomic E-state index is 13.2. The first-order valence-corrected chi connectivity index (χ1v) is 13.0. The number of aliphatic hydroxyl groups excluding tert-OH is 1. The summed E-state index contributed by atoms with van der Waals surface area (Å²) in [6.45, 7) is 9.09. The standard InChI is InChI=1S/C23H34N4O5.C4H10/c1-15(28)21-22(30)26-14-19(29)24-11-5-7-16-6-3-4-8-18(16)32-13-12-25-20(17-9-10-17)23(31)27(21)2;1-4(2)3/h3-4,6,8,15,17,20-21,25,28H,5,7,9-14H2,1-2H3,(H,24,29)(H,26,30);4H,1-3H3. The van der Waals surface area contributed by atoms with Crippen molar-refractivity contribution < 1.29 is 24.2 Å². The second-order valence-electron chi connectivity index (χ2n) is 10.3. The van der Waals surface area contributed by atoms with E-state index >= 15 is 0 Å². The Hall–Kier alpha value is -2.65. The lowest BCUT2D eigenvalue weighted by atomic mass is 10.1. The van der Waals surface area contributed by atoms with Gasteiger partial charge in [0.15, 0.2) is 0 Å². The molecule has 3 rings (SSSR count). The van der Waals surface area contributed by atoms with Crippen molar-refractivity contribution >= 4 is 17.7 Å². The molecule has 0 spiro atoms. The maximum Gasteiger partial charge on any atom is 0.245 e. The molecule has 3 unspecified atom stereocenters. The third-order valence-corrected chi connectivity index (χ3v) is 5.91. The lowest BCUT2D eigenvalue weighted by Crippen LogP contribution is -2.58. The van der Waals surface area contributed by atoms with E-state index in [1.165, 1.54) is 18.9 Å². The molecule has 1 aromatic rings. The van der Waals surface area contributed by atoms with Crippen LogP contribution >= 0.6 is 0 Å². The van der Waals surface area contributed by atoms with Gasteiger partial charge in [0.25, 0.3) is 0 Å². The van der Waals surface area contributed by atoms with E-state index < -0.39 is 24.1 Å². The quantitative estimate of drug-likeness (QED) is 0.484. The van der Waals surface area contributed by atoms with Crippen molar-refractivity contribution in [2.45, 2.75) is 71.6 Å². The Labute approximate surface area is 215 Å². The number of benzene rings is 1. The van der Waals surface area contributed by atoms with Gasteiger partial charge in [-0.25, -0.2) is 0 Å². The minimum atomic E-state index is -1.09. The van der Waals surface area contributed by atoms with Crippen LogP contribution in [-0.2, 0) is 20.8 Å². The Balaban J connectivity index is 0.00000106. The number of carbonyl (C=O) groups excluding carboxylic acids is 3. The van der Waals surface area contributed by atoms with Crippen LogP contribution in [0.1, 0.15) is 52.5 Å². The molecule has 2 aliphatic rings. The van der Waals surface area contributed by atoms with Crippen LogP contribution in [0.4, 0.5) is 0 Å². The molecule has 9 nitrogen and oxygen atoms in total. The highest BCUT2D eigenvalue weighted by molar-refractivity contribution is 5.92. The second kappa shape index (κ2) is 14.8. The molecule has 1 heterocycles. The number of nitrogens with zero attached hydrogens (tertiary/aromatic N) is 1. The van der Waals surface area contributed by atoms with Crippen molar-refractivity contribution in [1.29, 1.82) is 0 Å². The summed E-state index contributed by atoms with van der Waals surface area (Å²) >= 11 is 0. The van der Waals surface area contributed by atoms with Crippen LogP contribution in [0, 0.1) is 11.8 Å². The van der Waals surface area contributed by atoms with E-state index in [0.717, 1.165) is 42.9 Å². The van der Waals surface area contributed by atoms with E-state index in [1.807, 2.05) is 24.3 Å². The highest BCUT2D eigenvalue weighted by Gasteiger charge is 2.41. The van der Waals surface area contributed by atoms with E-state index in [4.69, 9.17) is 4.74 Å². The van der Waals surface area contributed by atoms with Crippen LogP contribution in [0.25, 0.3) is 0 Å². The Kier molecular flexibility index (Phi) is 12.2. The zero-order valence-electron chi connectivity index (χ0n) is 22.4. The Morgan fingerprint density at radius 2 is 1.69 bits per heavy atom. The van der Waals surface area contributed by atoms with Gasteiger partial charge >= 0.3 is 0 Å². The van der Waals surface area contributed by atoms with Crippen LogP contribution in [0.3, 0.4) is 0 Å². The molecule has 9 heteroatoms. The van der Waals surface area contributed by atoms with Crippen molar-refractivity contribution in [2.24, 2.45) is 11.8 Å². The smallest absolute Gasteiger partial charge is 0.245 e. The van der Waals surface area contributed by atoms with Crippen molar-refractivity contribution in [3.8, 4) is 5.75 Å². The summed E-state index contributed by atoms with van der Waals surface area (Å²) in [7, 11) is 1.52. The number of hydrogen-bond acceptors (Lipinski definition) is 6. The van der Waals surface area contributed by atoms with Gasteiger partial charge < -0.3 is 30.7 Å². The molecule has 1 aromatic carbocycles. The van der Waals surface area contributed by atoms with E-state index in [-0.39, 0.29) is 24.3 Å². The number of para-hydroxylation sites is 1. The summed E-state index contributed by atoms with van der Waals surface area (Å²) in [6.07, 6.45) is 2.26. The molecule has 202 valence electrons. The van der Waals surface area contributed by atoms with E-state index in [9.17, 15) is 19.5 Å². The summed E-state index contributed by atoms with van der Waals surface area (Å²) < 4.78 is 5.96. The highest BCUT2D eigenvalue weighted by Crippen LogP contribution is 2.33. The highest BCUT2D eigenvalue weighted by atomic mass is 16.5. The molecule has 1 fully saturated rings. The Morgan fingerprint density at radius 3 is 2.33 bits per heavy atom. The number of aliphatic hydroxyl groups is 1. The van der Waals surface area contributed by atoms with Gasteiger partial charge in [-0.05, 0) is 56.1 Å². The zero-order valence-corrected chi connectivity index (χ0v) is 22.4. The van der Waals surface area contributed by atoms with Crippen LogP contribution in [0.2, 0.25) is 0 Å².